The third kappa shape index (κ3) is 3.37. The van der Waals surface area contributed by atoms with Crippen molar-refractivity contribution in [2.24, 2.45) is 5.92 Å². The number of carbonyl (C=O) groups excluding carboxylic acids is 1. The summed E-state index contributed by atoms with van der Waals surface area (Å²) >= 11 is 0. The topological polar surface area (TPSA) is 79.8 Å². The summed E-state index contributed by atoms with van der Waals surface area (Å²) in [6.45, 7) is 3.04. The fraction of sp³-hybridized carbons (Fsp3) is 0.667. The number of hydrogen-bond acceptors (Lipinski definition) is 5. The summed E-state index contributed by atoms with van der Waals surface area (Å²) in [6, 6.07) is 3.20. The molecule has 3 saturated heterocycles. The lowest BCUT2D eigenvalue weighted by molar-refractivity contribution is -0.161. The molecular formula is C18H25N3O4S. The highest BCUT2D eigenvalue weighted by molar-refractivity contribution is 7.89. The summed E-state index contributed by atoms with van der Waals surface area (Å²) in [4.78, 5) is 18.1. The Bertz CT molecular complexity index is 752. The Balaban J connectivity index is 1.30. The zero-order valence-electron chi connectivity index (χ0n) is 14.8. The van der Waals surface area contributed by atoms with E-state index in [1.807, 2.05) is 4.90 Å². The highest BCUT2D eigenvalue weighted by Gasteiger charge is 2.51. The molecule has 8 heteroatoms. The molecule has 1 spiro atoms. The number of hydrogen-bond donors (Lipinski definition) is 0. The summed E-state index contributed by atoms with van der Waals surface area (Å²) in [5.74, 6) is 0.612. The van der Waals surface area contributed by atoms with Crippen molar-refractivity contribution in [2.75, 3.05) is 32.8 Å². The summed E-state index contributed by atoms with van der Waals surface area (Å²) in [6.07, 6.45) is 7.52. The molecule has 0 aromatic carbocycles. The van der Waals surface area contributed by atoms with Crippen molar-refractivity contribution in [3.63, 3.8) is 0 Å². The first-order chi connectivity index (χ1) is 12.5. The highest BCUT2D eigenvalue weighted by Crippen LogP contribution is 2.39. The van der Waals surface area contributed by atoms with Crippen molar-refractivity contribution in [3.8, 4) is 0 Å². The molecule has 1 aromatic rings. The molecule has 4 heterocycles. The van der Waals surface area contributed by atoms with Crippen LogP contribution in [0.5, 0.6) is 0 Å². The smallest absolute Gasteiger partial charge is 0.244 e. The average Bonchev–Trinajstić information content (AvgIpc) is 2.63. The summed E-state index contributed by atoms with van der Waals surface area (Å²) in [5.41, 5.74) is -0.350. The SMILES string of the molecule is O=C1CCCCN1CC1CCC2(CN(S(=O)(=O)c3cccnc3)C2)OC1. The minimum atomic E-state index is -3.48. The molecule has 1 atom stereocenters. The summed E-state index contributed by atoms with van der Waals surface area (Å²) < 4.78 is 32.7. The van der Waals surface area contributed by atoms with Gasteiger partial charge in [0.2, 0.25) is 15.9 Å². The van der Waals surface area contributed by atoms with Crippen molar-refractivity contribution in [2.45, 2.75) is 42.6 Å². The number of piperidine rings is 1. The van der Waals surface area contributed by atoms with Crippen LogP contribution in [-0.2, 0) is 19.6 Å². The summed E-state index contributed by atoms with van der Waals surface area (Å²) in [5, 5.41) is 0. The first kappa shape index (κ1) is 17.9. The predicted octanol–water partition coefficient (Wildman–Crippen LogP) is 1.26. The molecule has 4 rings (SSSR count). The van der Waals surface area contributed by atoms with Crippen LogP contribution < -0.4 is 0 Å². The van der Waals surface area contributed by atoms with Crippen LogP contribution in [0.25, 0.3) is 0 Å². The lowest BCUT2D eigenvalue weighted by Gasteiger charge is -2.52. The van der Waals surface area contributed by atoms with Crippen LogP contribution in [0.15, 0.2) is 29.4 Å². The molecule has 142 valence electrons. The van der Waals surface area contributed by atoms with Gasteiger partial charge in [-0.3, -0.25) is 9.78 Å². The number of aromatic nitrogens is 1. The fourth-order valence-corrected chi connectivity index (χ4v) is 5.65. The summed E-state index contributed by atoms with van der Waals surface area (Å²) in [7, 11) is -3.48. The van der Waals surface area contributed by atoms with Gasteiger partial charge < -0.3 is 9.64 Å². The Morgan fingerprint density at radius 3 is 2.81 bits per heavy atom. The first-order valence-electron chi connectivity index (χ1n) is 9.30. The standard InChI is InChI=1S/C18H25N3O4S/c22-17-5-1-2-9-20(17)11-15-6-7-18(25-12-15)13-21(14-18)26(23,24)16-4-3-8-19-10-16/h3-4,8,10,15H,1-2,5-7,9,11-14H2. The number of carbonyl (C=O) groups is 1. The first-order valence-corrected chi connectivity index (χ1v) is 10.7. The van der Waals surface area contributed by atoms with Crippen molar-refractivity contribution in [1.29, 1.82) is 0 Å². The number of pyridine rings is 1. The lowest BCUT2D eigenvalue weighted by atomic mass is 9.84. The highest BCUT2D eigenvalue weighted by atomic mass is 32.2. The monoisotopic (exact) mass is 379 g/mol. The zero-order chi connectivity index (χ0) is 18.2. The van der Waals surface area contributed by atoms with Gasteiger partial charge in [-0.2, -0.15) is 4.31 Å². The third-order valence-corrected chi connectivity index (χ3v) is 7.51. The van der Waals surface area contributed by atoms with Gasteiger partial charge in [0, 0.05) is 50.9 Å². The van der Waals surface area contributed by atoms with E-state index in [9.17, 15) is 13.2 Å². The molecule has 7 nitrogen and oxygen atoms in total. The second kappa shape index (κ2) is 6.90. The maximum absolute atomic E-state index is 12.6. The van der Waals surface area contributed by atoms with Gasteiger partial charge in [0.1, 0.15) is 4.90 Å². The van der Waals surface area contributed by atoms with Gasteiger partial charge in [0.25, 0.3) is 0 Å². The third-order valence-electron chi connectivity index (χ3n) is 5.73. The molecule has 0 saturated carbocycles. The van der Waals surface area contributed by atoms with E-state index in [4.69, 9.17) is 4.74 Å². The van der Waals surface area contributed by atoms with Gasteiger partial charge in [0.05, 0.1) is 12.2 Å². The van der Waals surface area contributed by atoms with Crippen LogP contribution in [0.3, 0.4) is 0 Å². The van der Waals surface area contributed by atoms with Crippen LogP contribution in [0.1, 0.15) is 32.1 Å². The van der Waals surface area contributed by atoms with Crippen LogP contribution in [-0.4, -0.2) is 66.9 Å². The van der Waals surface area contributed by atoms with E-state index in [0.29, 0.717) is 32.0 Å². The van der Waals surface area contributed by atoms with Gasteiger partial charge in [-0.15, -0.1) is 0 Å². The number of rotatable bonds is 4. The molecule has 3 fully saturated rings. The Kier molecular flexibility index (Phi) is 4.75. The van der Waals surface area contributed by atoms with E-state index >= 15 is 0 Å². The second-order valence-corrected chi connectivity index (χ2v) is 9.60. The van der Waals surface area contributed by atoms with E-state index in [1.54, 1.807) is 18.3 Å². The molecule has 3 aliphatic heterocycles. The lowest BCUT2D eigenvalue weighted by Crippen LogP contribution is -2.66. The number of likely N-dealkylation sites (tertiary alicyclic amines) is 1. The van der Waals surface area contributed by atoms with Crippen molar-refractivity contribution in [3.05, 3.63) is 24.5 Å². The fourth-order valence-electron chi connectivity index (χ4n) is 4.09. The second-order valence-electron chi connectivity index (χ2n) is 7.66. The molecule has 26 heavy (non-hydrogen) atoms. The Hall–Kier alpha value is -1.51. The number of ether oxygens (including phenoxy) is 1. The van der Waals surface area contributed by atoms with E-state index in [0.717, 1.165) is 38.8 Å². The molecule has 0 bridgehead atoms. The minimum Gasteiger partial charge on any atom is -0.372 e. The van der Waals surface area contributed by atoms with Crippen LogP contribution in [0.2, 0.25) is 0 Å². The van der Waals surface area contributed by atoms with E-state index in [2.05, 4.69) is 4.98 Å². The zero-order valence-corrected chi connectivity index (χ0v) is 15.7. The quantitative estimate of drug-likeness (QED) is 0.787. The van der Waals surface area contributed by atoms with Gasteiger partial charge in [-0.1, -0.05) is 0 Å². The number of amides is 1. The van der Waals surface area contributed by atoms with Crippen LogP contribution in [0, 0.1) is 5.92 Å². The van der Waals surface area contributed by atoms with Crippen molar-refractivity contribution in [1.82, 2.24) is 14.2 Å². The molecule has 1 aromatic heterocycles. The maximum Gasteiger partial charge on any atom is 0.244 e. The van der Waals surface area contributed by atoms with Gasteiger partial charge >= 0.3 is 0 Å². The van der Waals surface area contributed by atoms with Gasteiger partial charge in [-0.25, -0.2) is 8.42 Å². The molecule has 0 aliphatic carbocycles. The Labute approximate surface area is 154 Å². The molecule has 1 amide bonds. The van der Waals surface area contributed by atoms with Crippen LogP contribution >= 0.6 is 0 Å². The molecular weight excluding hydrogens is 354 g/mol. The van der Waals surface area contributed by atoms with Crippen LogP contribution in [0.4, 0.5) is 0 Å². The van der Waals surface area contributed by atoms with Gasteiger partial charge in [0.15, 0.2) is 0 Å². The Morgan fingerprint density at radius 2 is 2.15 bits per heavy atom. The van der Waals surface area contributed by atoms with E-state index in [1.165, 1.54) is 10.5 Å². The van der Waals surface area contributed by atoms with E-state index in [-0.39, 0.29) is 16.4 Å². The Morgan fingerprint density at radius 1 is 1.31 bits per heavy atom. The average molecular weight is 379 g/mol. The predicted molar refractivity (Wildman–Crippen MR) is 94.8 cm³/mol. The maximum atomic E-state index is 12.6. The largest absolute Gasteiger partial charge is 0.372 e. The van der Waals surface area contributed by atoms with Crippen molar-refractivity contribution < 1.29 is 17.9 Å². The molecule has 0 N–H and O–H groups in total. The molecule has 0 radical (unpaired) electrons. The molecule has 3 aliphatic rings. The van der Waals surface area contributed by atoms with Gasteiger partial charge in [-0.05, 0) is 37.8 Å². The number of sulfonamides is 1. The number of nitrogens with zero attached hydrogens (tertiary/aromatic N) is 3. The molecule has 1 unspecified atom stereocenters. The van der Waals surface area contributed by atoms with Crippen molar-refractivity contribution >= 4 is 15.9 Å². The minimum absolute atomic E-state index is 0.229. The normalized spacial score (nSPS) is 26.7. The van der Waals surface area contributed by atoms with E-state index < -0.39 is 10.0 Å².